The van der Waals surface area contributed by atoms with Gasteiger partial charge in [-0.05, 0) is 135 Å². The van der Waals surface area contributed by atoms with E-state index in [1.165, 1.54) is 12.0 Å². The van der Waals surface area contributed by atoms with E-state index in [1.807, 2.05) is 44.5 Å². The lowest BCUT2D eigenvalue weighted by molar-refractivity contribution is -0.150. The van der Waals surface area contributed by atoms with Crippen LogP contribution in [-0.2, 0) is 20.7 Å². The van der Waals surface area contributed by atoms with Gasteiger partial charge in [-0.15, -0.1) is 0 Å². The molecular formula is C53H74N6O6. The zero-order valence-electron chi connectivity index (χ0n) is 39.5. The molecule has 3 heterocycles. The molecule has 65 heavy (non-hydrogen) atoms. The maximum Gasteiger partial charge on any atom is 0.350 e. The minimum Gasteiger partial charge on any atom is -0.463 e. The fraction of sp³-hybridized carbons (Fsp3) is 0.604. The Labute approximate surface area is 386 Å². The van der Waals surface area contributed by atoms with E-state index in [4.69, 9.17) is 15.2 Å². The third-order valence-corrected chi connectivity index (χ3v) is 15.7. The molecule has 2 saturated carbocycles. The molecule has 0 aromatic heterocycles. The maximum atomic E-state index is 15.5. The number of benzene rings is 1. The molecule has 352 valence electrons. The number of nitrogens with two attached hydrogens (primary N) is 1. The van der Waals surface area contributed by atoms with Crippen LogP contribution in [0.1, 0.15) is 131 Å². The van der Waals surface area contributed by atoms with Crippen LogP contribution in [0.3, 0.4) is 0 Å². The first-order chi connectivity index (χ1) is 31.3. The van der Waals surface area contributed by atoms with Crippen molar-refractivity contribution >= 4 is 17.5 Å². The van der Waals surface area contributed by atoms with Crippen molar-refractivity contribution in [3.8, 4) is 0 Å². The van der Waals surface area contributed by atoms with Crippen LogP contribution in [0.4, 0.5) is 0 Å². The van der Waals surface area contributed by atoms with Crippen molar-refractivity contribution in [1.82, 2.24) is 26.6 Å². The molecule has 12 nitrogen and oxygen atoms in total. The van der Waals surface area contributed by atoms with Gasteiger partial charge >= 0.3 is 5.97 Å². The largest absolute Gasteiger partial charge is 0.463 e. The van der Waals surface area contributed by atoms with Crippen molar-refractivity contribution < 1.29 is 29.0 Å². The molecule has 0 bridgehead atoms. The second-order valence-corrected chi connectivity index (χ2v) is 20.9. The Kier molecular flexibility index (Phi) is 14.1. The molecule has 0 spiro atoms. The van der Waals surface area contributed by atoms with Crippen LogP contribution in [0.2, 0.25) is 0 Å². The second kappa shape index (κ2) is 19.5. The molecule has 8 rings (SSSR count). The number of aliphatic hydroxyl groups excluding tert-OH is 1. The van der Waals surface area contributed by atoms with E-state index in [9.17, 15) is 5.11 Å². The molecule has 1 aromatic rings. The number of esters is 1. The number of Topliss-reactive ketones (excluding diaryl/α,β-unsaturated/α-hetero) is 2. The first-order valence-corrected chi connectivity index (χ1v) is 24.5. The Morgan fingerprint density at radius 1 is 1.08 bits per heavy atom. The molecule has 1 saturated heterocycles. The highest BCUT2D eigenvalue weighted by molar-refractivity contribution is 6.33. The number of carbonyl (C=O) groups excluding carboxylic acids is 3. The molecule has 0 amide bonds. The highest BCUT2D eigenvalue weighted by Crippen LogP contribution is 2.61. The predicted octanol–water partition coefficient (Wildman–Crippen LogP) is 6.55. The smallest absolute Gasteiger partial charge is 0.350 e. The molecule has 7 atom stereocenters. The van der Waals surface area contributed by atoms with Gasteiger partial charge in [0.15, 0.2) is 11.4 Å². The summed E-state index contributed by atoms with van der Waals surface area (Å²) in [7, 11) is 1.91. The van der Waals surface area contributed by atoms with E-state index in [1.54, 1.807) is 6.07 Å². The maximum absolute atomic E-state index is 15.5. The van der Waals surface area contributed by atoms with E-state index in [0.29, 0.717) is 55.4 Å². The number of rotatable bonds is 18. The number of ketones is 2. The summed E-state index contributed by atoms with van der Waals surface area (Å²) in [6, 6.07) is 5.57. The van der Waals surface area contributed by atoms with Crippen molar-refractivity contribution in [3.05, 3.63) is 106 Å². The Morgan fingerprint density at radius 3 is 2.63 bits per heavy atom. The van der Waals surface area contributed by atoms with Gasteiger partial charge in [0.2, 0.25) is 5.78 Å². The zero-order valence-corrected chi connectivity index (χ0v) is 39.5. The second-order valence-electron chi connectivity index (χ2n) is 20.9. The first-order valence-electron chi connectivity index (χ1n) is 24.5. The summed E-state index contributed by atoms with van der Waals surface area (Å²) in [5.41, 5.74) is 6.63. The molecule has 1 unspecified atom stereocenters. The van der Waals surface area contributed by atoms with Gasteiger partial charge in [0, 0.05) is 42.3 Å². The van der Waals surface area contributed by atoms with Gasteiger partial charge in [-0.1, -0.05) is 88.1 Å². The predicted molar refractivity (Wildman–Crippen MR) is 254 cm³/mol. The normalized spacial score (nSPS) is 30.6. The number of allylic oxidation sites excluding steroid dienone is 7. The summed E-state index contributed by atoms with van der Waals surface area (Å²) in [5.74, 6) is 0.288. The number of ether oxygens (including phenoxy) is 2. The monoisotopic (exact) mass is 891 g/mol. The summed E-state index contributed by atoms with van der Waals surface area (Å²) in [6.07, 6.45) is 25.9. The summed E-state index contributed by atoms with van der Waals surface area (Å²) in [6.45, 7) is 10.3. The van der Waals surface area contributed by atoms with Gasteiger partial charge in [0.05, 0.1) is 26.0 Å². The molecule has 3 aliphatic heterocycles. The number of dihydropyridines is 2. The lowest BCUT2D eigenvalue weighted by Gasteiger charge is -2.42. The van der Waals surface area contributed by atoms with Gasteiger partial charge in [0.1, 0.15) is 5.82 Å². The molecule has 4 aliphatic carbocycles. The van der Waals surface area contributed by atoms with E-state index < -0.39 is 28.7 Å². The average Bonchev–Trinajstić information content (AvgIpc) is 4.01. The van der Waals surface area contributed by atoms with E-state index >= 15 is 14.4 Å². The minimum absolute atomic E-state index is 0.0514. The van der Waals surface area contributed by atoms with E-state index in [0.717, 1.165) is 74.9 Å². The Bertz CT molecular complexity index is 2180. The molecule has 12 heteroatoms. The fourth-order valence-electron chi connectivity index (χ4n) is 12.4. The van der Waals surface area contributed by atoms with Gasteiger partial charge in [-0.3, -0.25) is 9.59 Å². The van der Waals surface area contributed by atoms with Gasteiger partial charge in [-0.25, -0.2) is 4.79 Å². The molecule has 1 aromatic carbocycles. The van der Waals surface area contributed by atoms with Crippen molar-refractivity contribution in [2.45, 2.75) is 135 Å². The Balaban J connectivity index is 1.13. The molecular weight excluding hydrogens is 817 g/mol. The molecule has 7 aliphatic rings. The van der Waals surface area contributed by atoms with Crippen LogP contribution < -0.4 is 32.3 Å². The summed E-state index contributed by atoms with van der Waals surface area (Å²) < 4.78 is 12.9. The Hall–Kier alpha value is -4.33. The summed E-state index contributed by atoms with van der Waals surface area (Å²) in [5, 5.41) is 28.1. The minimum atomic E-state index is -2.16. The standard InChI is InChI=1S/C53H74N6O6/c1-6-56-43-24-37-14-9-8-13-36(37)23-39(43)32-64-49(63)53-48(62)46-38(28-50(3,4)27-35-17-18-44(54)58-30-35)15-12-16-42(46)47(61)52(53,65-53)29-40(31-60)34(2)26-51(20-10-7-11-21-51)41-19-22-57-45(25-41)59-33-55-5/h9,12,14-19,25,30,36-37,39,43-44,55-60H,6-8,10-11,13,20-24,26-29,31-33,54H2,1-5H3/b40-34-/t36-,37+,39+,43-,44?,52-,53-/m0/s1. The van der Waals surface area contributed by atoms with Crippen LogP contribution in [-0.4, -0.2) is 86.1 Å². The van der Waals surface area contributed by atoms with E-state index in [2.05, 4.69) is 71.7 Å². The number of hydrogen-bond acceptors (Lipinski definition) is 12. The van der Waals surface area contributed by atoms with Crippen LogP contribution in [0.5, 0.6) is 0 Å². The van der Waals surface area contributed by atoms with E-state index in [-0.39, 0.29) is 59.7 Å². The van der Waals surface area contributed by atoms with Gasteiger partial charge in [-0.2, -0.15) is 0 Å². The summed E-state index contributed by atoms with van der Waals surface area (Å²) >= 11 is 0. The lowest BCUT2D eigenvalue weighted by Crippen LogP contribution is -2.52. The highest BCUT2D eigenvalue weighted by atomic mass is 16.7. The zero-order chi connectivity index (χ0) is 46.0. The number of epoxide rings is 1. The van der Waals surface area contributed by atoms with Gasteiger partial charge < -0.3 is 46.9 Å². The number of aliphatic hydroxyl groups is 1. The topological polar surface area (TPSA) is 179 Å². The van der Waals surface area contributed by atoms with Gasteiger partial charge in [0.25, 0.3) is 5.60 Å². The van der Waals surface area contributed by atoms with Crippen molar-refractivity contribution in [3.63, 3.8) is 0 Å². The van der Waals surface area contributed by atoms with Crippen molar-refractivity contribution in [1.29, 1.82) is 0 Å². The number of carbonyl (C=O) groups is 3. The van der Waals surface area contributed by atoms with Crippen LogP contribution in [0.25, 0.3) is 0 Å². The van der Waals surface area contributed by atoms with Crippen molar-refractivity contribution in [2.24, 2.45) is 34.3 Å². The number of nitrogens with one attached hydrogen (secondary N) is 5. The fourth-order valence-corrected chi connectivity index (χ4v) is 12.4. The Morgan fingerprint density at radius 2 is 1.89 bits per heavy atom. The van der Waals surface area contributed by atoms with Crippen LogP contribution in [0, 0.1) is 28.6 Å². The SMILES string of the molecule is CCN[C@H]1C[C@H]2C=CCC[C@H]2C[C@@H]1COC(=O)[C@]12O[C@@]1(C/C(CO)=C(\C)CC1(C3=CCNC(NCNC)=C3)CCCCC1)C(=O)c1cccc(CC(C)(C)CC3=CNC(N)C=C3)c1C2=O. The molecule has 0 radical (unpaired) electrons. The summed E-state index contributed by atoms with van der Waals surface area (Å²) in [4.78, 5) is 45.8. The molecule has 3 fully saturated rings. The number of fused-ring (bicyclic) bond motifs is 3. The molecule has 8 N–H and O–H groups in total. The lowest BCUT2D eigenvalue weighted by atomic mass is 9.64. The quantitative estimate of drug-likeness (QED) is 0.0279. The van der Waals surface area contributed by atoms with Crippen LogP contribution in [0.15, 0.2) is 89.0 Å². The third kappa shape index (κ3) is 9.35. The van der Waals surface area contributed by atoms with Crippen molar-refractivity contribution in [2.75, 3.05) is 40.0 Å². The van der Waals surface area contributed by atoms with Crippen LogP contribution >= 0.6 is 0 Å². The first kappa shape index (κ1) is 47.2. The third-order valence-electron chi connectivity index (χ3n) is 15.7. The average molecular weight is 891 g/mol. The highest BCUT2D eigenvalue weighted by Gasteiger charge is 2.86. The number of hydrogen-bond donors (Lipinski definition) is 7.